The second-order valence-corrected chi connectivity index (χ2v) is 5.69. The quantitative estimate of drug-likeness (QED) is 0.441. The number of hydrogen-bond donors (Lipinski definition) is 3. The van der Waals surface area contributed by atoms with Gasteiger partial charge in [0.25, 0.3) is 0 Å². The van der Waals surface area contributed by atoms with Crippen molar-refractivity contribution in [1.82, 2.24) is 10.6 Å². The number of aliphatic imine (C=N–C) groups is 1. The van der Waals surface area contributed by atoms with Crippen LogP contribution in [0.4, 0.5) is 0 Å². The van der Waals surface area contributed by atoms with Gasteiger partial charge >= 0.3 is 0 Å². The van der Waals surface area contributed by atoms with Crippen LogP contribution in [0.2, 0.25) is 0 Å². The van der Waals surface area contributed by atoms with Crippen molar-refractivity contribution in [3.63, 3.8) is 0 Å². The predicted octanol–water partition coefficient (Wildman–Crippen LogP) is 1.24. The standard InChI is InChI=1S/C15H26N4O2/c1-10(2)8-7-9-12(13(20)18-11(3)17-6)19-14(21)15(4,5)16/h12H,1,3,6-9,16H2,2,4-5H3,(H,18,20)(H,19,21). The van der Waals surface area contributed by atoms with Crippen LogP contribution in [0.15, 0.2) is 29.5 Å². The number of carbonyl (C=O) groups excluding carboxylic acids is 2. The molecule has 1 unspecified atom stereocenters. The zero-order chi connectivity index (χ0) is 16.6. The predicted molar refractivity (Wildman–Crippen MR) is 85.7 cm³/mol. The molecule has 0 bridgehead atoms. The van der Waals surface area contributed by atoms with E-state index >= 15 is 0 Å². The number of hydrogen-bond acceptors (Lipinski definition) is 4. The molecule has 0 aliphatic heterocycles. The van der Waals surface area contributed by atoms with Gasteiger partial charge in [-0.1, -0.05) is 12.2 Å². The Morgan fingerprint density at radius 1 is 1.33 bits per heavy atom. The summed E-state index contributed by atoms with van der Waals surface area (Å²) in [4.78, 5) is 27.6. The van der Waals surface area contributed by atoms with E-state index in [1.165, 1.54) is 0 Å². The van der Waals surface area contributed by atoms with Crippen LogP contribution in [0.3, 0.4) is 0 Å². The van der Waals surface area contributed by atoms with Crippen molar-refractivity contribution in [3.05, 3.63) is 24.6 Å². The minimum absolute atomic E-state index is 0.145. The SMILES string of the molecule is C=NC(=C)NC(=O)C(CCCC(=C)C)NC(=O)C(C)(C)N. The summed E-state index contributed by atoms with van der Waals surface area (Å²) in [6.07, 6.45) is 1.99. The van der Waals surface area contributed by atoms with Crippen molar-refractivity contribution in [2.45, 2.75) is 51.6 Å². The van der Waals surface area contributed by atoms with Crippen LogP contribution in [0.1, 0.15) is 40.0 Å². The lowest BCUT2D eigenvalue weighted by Gasteiger charge is -2.23. The minimum atomic E-state index is -1.05. The number of amides is 2. The van der Waals surface area contributed by atoms with Crippen LogP contribution in [0.25, 0.3) is 0 Å². The van der Waals surface area contributed by atoms with Gasteiger partial charge in [0.15, 0.2) is 0 Å². The highest BCUT2D eigenvalue weighted by molar-refractivity contribution is 5.91. The molecule has 6 heteroatoms. The monoisotopic (exact) mass is 294 g/mol. The Bertz CT molecular complexity index is 435. The van der Waals surface area contributed by atoms with Crippen LogP contribution in [-0.4, -0.2) is 30.1 Å². The molecule has 0 heterocycles. The van der Waals surface area contributed by atoms with Crippen molar-refractivity contribution in [1.29, 1.82) is 0 Å². The van der Waals surface area contributed by atoms with Gasteiger partial charge in [0.05, 0.1) is 5.54 Å². The molecule has 21 heavy (non-hydrogen) atoms. The highest BCUT2D eigenvalue weighted by Gasteiger charge is 2.27. The van der Waals surface area contributed by atoms with E-state index < -0.39 is 17.5 Å². The van der Waals surface area contributed by atoms with E-state index in [4.69, 9.17) is 5.73 Å². The second-order valence-electron chi connectivity index (χ2n) is 5.69. The third-order valence-corrected chi connectivity index (χ3v) is 2.76. The Hall–Kier alpha value is -1.95. The van der Waals surface area contributed by atoms with Crippen LogP contribution in [0, 0.1) is 0 Å². The fourth-order valence-corrected chi connectivity index (χ4v) is 1.49. The minimum Gasteiger partial charge on any atom is -0.343 e. The molecule has 0 aliphatic rings. The number of rotatable bonds is 9. The molecule has 2 amide bonds. The topological polar surface area (TPSA) is 96.6 Å². The first-order valence-corrected chi connectivity index (χ1v) is 6.78. The zero-order valence-corrected chi connectivity index (χ0v) is 13.2. The van der Waals surface area contributed by atoms with Crippen LogP contribution in [0.5, 0.6) is 0 Å². The number of nitrogens with one attached hydrogen (secondary N) is 2. The molecule has 4 N–H and O–H groups in total. The molecule has 6 nitrogen and oxygen atoms in total. The zero-order valence-electron chi connectivity index (χ0n) is 13.2. The lowest BCUT2D eigenvalue weighted by Crippen LogP contribution is -2.55. The second kappa shape index (κ2) is 8.36. The third-order valence-electron chi connectivity index (χ3n) is 2.76. The van der Waals surface area contributed by atoms with Gasteiger partial charge in [-0.25, -0.2) is 4.99 Å². The fraction of sp³-hybridized carbons (Fsp3) is 0.533. The van der Waals surface area contributed by atoms with Gasteiger partial charge in [0.2, 0.25) is 11.8 Å². The fourth-order valence-electron chi connectivity index (χ4n) is 1.49. The van der Waals surface area contributed by atoms with E-state index in [1.54, 1.807) is 13.8 Å². The first kappa shape index (κ1) is 19.1. The van der Waals surface area contributed by atoms with E-state index in [0.717, 1.165) is 18.4 Å². The number of carbonyl (C=O) groups is 2. The summed E-state index contributed by atoms with van der Waals surface area (Å²) in [5.74, 6) is -0.631. The molecule has 0 rings (SSSR count). The Morgan fingerprint density at radius 2 is 1.90 bits per heavy atom. The van der Waals surface area contributed by atoms with Crippen molar-refractivity contribution >= 4 is 18.5 Å². The van der Waals surface area contributed by atoms with E-state index in [9.17, 15) is 9.59 Å². The van der Waals surface area contributed by atoms with Crippen LogP contribution < -0.4 is 16.4 Å². The summed E-state index contributed by atoms with van der Waals surface area (Å²) < 4.78 is 0. The Labute approximate surface area is 126 Å². The van der Waals surface area contributed by atoms with Gasteiger partial charge in [-0.05, 0) is 46.8 Å². The molecular weight excluding hydrogens is 268 g/mol. The molecular formula is C15H26N4O2. The van der Waals surface area contributed by atoms with Crippen molar-refractivity contribution in [3.8, 4) is 0 Å². The average molecular weight is 294 g/mol. The van der Waals surface area contributed by atoms with Crippen LogP contribution >= 0.6 is 0 Å². The summed E-state index contributed by atoms with van der Waals surface area (Å²) >= 11 is 0. The molecule has 0 saturated carbocycles. The summed E-state index contributed by atoms with van der Waals surface area (Å²) in [6.45, 7) is 15.7. The first-order valence-electron chi connectivity index (χ1n) is 6.78. The van der Waals surface area contributed by atoms with Gasteiger partial charge < -0.3 is 16.4 Å². The molecule has 0 aromatic carbocycles. The van der Waals surface area contributed by atoms with Gasteiger partial charge in [0, 0.05) is 0 Å². The van der Waals surface area contributed by atoms with Crippen molar-refractivity contribution in [2.24, 2.45) is 10.7 Å². The van der Waals surface area contributed by atoms with Gasteiger partial charge in [0.1, 0.15) is 11.9 Å². The molecule has 0 spiro atoms. The van der Waals surface area contributed by atoms with Gasteiger partial charge in [-0.3, -0.25) is 9.59 Å². The lowest BCUT2D eigenvalue weighted by atomic mass is 10.0. The summed E-state index contributed by atoms with van der Waals surface area (Å²) in [5.41, 5.74) is 5.70. The van der Waals surface area contributed by atoms with Crippen molar-refractivity contribution < 1.29 is 9.59 Å². The largest absolute Gasteiger partial charge is 0.343 e. The maximum Gasteiger partial charge on any atom is 0.248 e. The summed E-state index contributed by atoms with van der Waals surface area (Å²) in [5, 5.41) is 5.14. The van der Waals surface area contributed by atoms with Gasteiger partial charge in [-0.15, -0.1) is 6.58 Å². The maximum atomic E-state index is 12.1. The molecule has 0 radical (unpaired) electrons. The molecule has 118 valence electrons. The van der Waals surface area contributed by atoms with E-state index in [1.807, 2.05) is 6.92 Å². The van der Waals surface area contributed by atoms with E-state index in [0.29, 0.717) is 6.42 Å². The first-order chi connectivity index (χ1) is 9.57. The Balaban J connectivity index is 4.79. The average Bonchev–Trinajstić information content (AvgIpc) is 2.35. The summed E-state index contributed by atoms with van der Waals surface area (Å²) in [7, 11) is 0. The molecule has 0 aliphatic carbocycles. The van der Waals surface area contributed by atoms with E-state index in [-0.39, 0.29) is 11.7 Å². The number of nitrogens with zero attached hydrogens (tertiary/aromatic N) is 1. The molecule has 0 saturated heterocycles. The summed E-state index contributed by atoms with van der Waals surface area (Å²) in [6, 6.07) is -0.696. The smallest absolute Gasteiger partial charge is 0.248 e. The Kier molecular flexibility index (Phi) is 7.59. The number of allylic oxidation sites excluding steroid dienone is 1. The van der Waals surface area contributed by atoms with Crippen molar-refractivity contribution in [2.75, 3.05) is 0 Å². The number of nitrogens with two attached hydrogens (primary N) is 1. The normalized spacial score (nSPS) is 12.2. The third kappa shape index (κ3) is 8.04. The van der Waals surface area contributed by atoms with E-state index in [2.05, 4.69) is 35.5 Å². The molecule has 0 aromatic heterocycles. The van der Waals surface area contributed by atoms with Gasteiger partial charge in [-0.2, -0.15) is 0 Å². The lowest BCUT2D eigenvalue weighted by molar-refractivity contribution is -0.131. The highest BCUT2D eigenvalue weighted by Crippen LogP contribution is 2.09. The molecule has 0 aromatic rings. The Morgan fingerprint density at radius 3 is 2.33 bits per heavy atom. The maximum absolute atomic E-state index is 12.1. The molecule has 0 fully saturated rings. The highest BCUT2D eigenvalue weighted by atomic mass is 16.2. The van der Waals surface area contributed by atoms with Crippen LogP contribution in [-0.2, 0) is 9.59 Å². The molecule has 1 atom stereocenters.